The van der Waals surface area contributed by atoms with Crippen LogP contribution in [0.25, 0.3) is 0 Å². The van der Waals surface area contributed by atoms with Crippen LogP contribution in [0.3, 0.4) is 0 Å². The molecule has 4 aliphatic carbocycles. The summed E-state index contributed by atoms with van der Waals surface area (Å²) < 4.78 is 0. The van der Waals surface area contributed by atoms with Crippen LogP contribution in [0, 0.1) is 57.7 Å². The first-order valence-electron chi connectivity index (χ1n) is 13.7. The lowest BCUT2D eigenvalue weighted by atomic mass is 9.39. The third kappa shape index (κ3) is 3.35. The van der Waals surface area contributed by atoms with Crippen molar-refractivity contribution >= 4 is 5.97 Å². The lowest BCUT2D eigenvalue weighted by Gasteiger charge is -2.65. The lowest BCUT2D eigenvalue weighted by molar-refractivity contribution is -0.166. The van der Waals surface area contributed by atoms with Gasteiger partial charge in [-0.2, -0.15) is 0 Å². The normalized spacial score (nSPS) is 48.4. The van der Waals surface area contributed by atoms with Gasteiger partial charge in [-0.15, -0.1) is 0 Å². The summed E-state index contributed by atoms with van der Waals surface area (Å²) in [5.41, 5.74) is 7.67. The predicted molar refractivity (Wildman–Crippen MR) is 132 cm³/mol. The van der Waals surface area contributed by atoms with Crippen molar-refractivity contribution in [3.05, 3.63) is 11.6 Å². The Morgan fingerprint density at radius 3 is 2.47 bits per heavy atom. The van der Waals surface area contributed by atoms with E-state index in [0.717, 1.165) is 51.0 Å². The molecule has 3 fully saturated rings. The van der Waals surface area contributed by atoms with E-state index in [1.54, 1.807) is 5.57 Å². The van der Waals surface area contributed by atoms with Crippen molar-refractivity contribution in [2.24, 2.45) is 63.4 Å². The minimum atomic E-state index is -0.524. The first-order valence-corrected chi connectivity index (χ1v) is 13.7. The van der Waals surface area contributed by atoms with Crippen molar-refractivity contribution < 1.29 is 9.90 Å². The van der Waals surface area contributed by atoms with Gasteiger partial charge in [0.1, 0.15) is 0 Å². The van der Waals surface area contributed by atoms with Gasteiger partial charge in [-0.05, 0) is 117 Å². The van der Waals surface area contributed by atoms with E-state index in [1.165, 1.54) is 19.3 Å². The summed E-state index contributed by atoms with van der Waals surface area (Å²) in [5, 5.41) is 10.5. The second-order valence-corrected chi connectivity index (χ2v) is 13.2. The van der Waals surface area contributed by atoms with E-state index >= 15 is 0 Å². The molecule has 3 heteroatoms. The Morgan fingerprint density at radius 1 is 1.16 bits per heavy atom. The molecule has 4 aliphatic rings. The molecule has 182 valence electrons. The standard InChI is InChI=1S/C29H49NO2/c1-18(2)22-11-14-28(6)23-12-16-29(26(31)32)15-10-19(3)20(4)25(29)21(23)8-9-24(28)27(22,5)13-7-17-30/h8,18-20,22-25H,7,9-17,30H2,1-6H3,(H,31,32)/t19-,20+,22+,23-,24-,25?,27+,28+,29+/m1/s1. The van der Waals surface area contributed by atoms with E-state index in [4.69, 9.17) is 5.73 Å². The van der Waals surface area contributed by atoms with Gasteiger partial charge in [-0.3, -0.25) is 4.79 Å². The molecule has 0 heterocycles. The van der Waals surface area contributed by atoms with Crippen LogP contribution in [0.5, 0.6) is 0 Å². The molecule has 0 bridgehead atoms. The van der Waals surface area contributed by atoms with Gasteiger partial charge in [0.25, 0.3) is 0 Å². The number of carboxylic acid groups (broad SMARTS) is 1. The summed E-state index contributed by atoms with van der Waals surface area (Å²) in [6, 6.07) is 0. The molecule has 4 rings (SSSR count). The first-order chi connectivity index (χ1) is 15.0. The number of allylic oxidation sites excluding steroid dienone is 2. The first kappa shape index (κ1) is 24.3. The number of aliphatic carboxylic acids is 1. The van der Waals surface area contributed by atoms with Crippen LogP contribution in [0.15, 0.2) is 11.6 Å². The van der Waals surface area contributed by atoms with E-state index < -0.39 is 11.4 Å². The number of hydrogen-bond donors (Lipinski definition) is 2. The van der Waals surface area contributed by atoms with E-state index in [1.807, 2.05) is 0 Å². The third-order valence-corrected chi connectivity index (χ3v) is 11.7. The Kier molecular flexibility index (Phi) is 6.40. The quantitative estimate of drug-likeness (QED) is 0.454. The van der Waals surface area contributed by atoms with Crippen LogP contribution in [-0.2, 0) is 4.79 Å². The Hall–Kier alpha value is -0.830. The molecule has 0 aliphatic heterocycles. The highest BCUT2D eigenvalue weighted by Crippen LogP contribution is 2.69. The maximum Gasteiger partial charge on any atom is 0.310 e. The van der Waals surface area contributed by atoms with Gasteiger partial charge in [-0.25, -0.2) is 0 Å². The molecule has 0 aromatic carbocycles. The number of carbonyl (C=O) groups is 1. The molecule has 3 nitrogen and oxygen atoms in total. The molecule has 3 N–H and O–H groups in total. The molecule has 1 unspecified atom stereocenters. The molecule has 3 saturated carbocycles. The average Bonchev–Trinajstić information content (AvgIpc) is 2.74. The molecule has 0 aromatic heterocycles. The van der Waals surface area contributed by atoms with Crippen LogP contribution >= 0.6 is 0 Å². The minimum absolute atomic E-state index is 0.235. The lowest BCUT2D eigenvalue weighted by Crippen LogP contribution is -2.59. The summed E-state index contributed by atoms with van der Waals surface area (Å²) in [6.45, 7) is 15.5. The van der Waals surface area contributed by atoms with Crippen molar-refractivity contribution in [1.29, 1.82) is 0 Å². The largest absolute Gasteiger partial charge is 0.481 e. The van der Waals surface area contributed by atoms with Gasteiger partial charge in [-0.1, -0.05) is 53.2 Å². The van der Waals surface area contributed by atoms with Crippen molar-refractivity contribution in [2.75, 3.05) is 6.54 Å². The molecule has 0 saturated heterocycles. The van der Waals surface area contributed by atoms with Crippen LogP contribution < -0.4 is 5.73 Å². The third-order valence-electron chi connectivity index (χ3n) is 11.7. The average molecular weight is 444 g/mol. The minimum Gasteiger partial charge on any atom is -0.481 e. The van der Waals surface area contributed by atoms with Crippen molar-refractivity contribution in [2.45, 2.75) is 99.3 Å². The number of carboxylic acids is 1. The summed E-state index contributed by atoms with van der Waals surface area (Å²) in [5.74, 6) is 3.51. The second-order valence-electron chi connectivity index (χ2n) is 13.2. The van der Waals surface area contributed by atoms with Gasteiger partial charge in [0, 0.05) is 0 Å². The van der Waals surface area contributed by atoms with Gasteiger partial charge < -0.3 is 10.8 Å². The highest BCUT2D eigenvalue weighted by Gasteiger charge is 2.63. The maximum absolute atomic E-state index is 12.7. The van der Waals surface area contributed by atoms with E-state index in [2.05, 4.69) is 47.6 Å². The monoisotopic (exact) mass is 443 g/mol. The summed E-state index contributed by atoms with van der Waals surface area (Å²) in [7, 11) is 0. The second kappa shape index (κ2) is 8.43. The summed E-state index contributed by atoms with van der Waals surface area (Å²) >= 11 is 0. The maximum atomic E-state index is 12.7. The fraction of sp³-hybridized carbons (Fsp3) is 0.897. The van der Waals surface area contributed by atoms with Gasteiger partial charge >= 0.3 is 5.97 Å². The summed E-state index contributed by atoms with van der Waals surface area (Å²) in [4.78, 5) is 12.7. The molecule has 0 amide bonds. The zero-order valence-electron chi connectivity index (χ0n) is 21.6. The molecular formula is C29H49NO2. The molecule has 0 aromatic rings. The predicted octanol–water partition coefficient (Wildman–Crippen LogP) is 6.91. The Bertz CT molecular complexity index is 758. The SMILES string of the molecule is CC(C)[C@@H]1CC[C@]2(C)[C@H](CC=C3C4[C@@H](C)[C@H](C)CC[C@]4(C(=O)O)CC[C@H]32)[C@@]1(C)CCCN. The van der Waals surface area contributed by atoms with Crippen molar-refractivity contribution in [3.8, 4) is 0 Å². The Labute approximate surface area is 197 Å². The Balaban J connectivity index is 1.77. The van der Waals surface area contributed by atoms with Crippen LogP contribution in [0.1, 0.15) is 99.3 Å². The smallest absolute Gasteiger partial charge is 0.310 e. The highest BCUT2D eigenvalue weighted by molar-refractivity contribution is 5.76. The number of hydrogen-bond acceptors (Lipinski definition) is 2. The van der Waals surface area contributed by atoms with Crippen LogP contribution in [-0.4, -0.2) is 17.6 Å². The molecule has 0 radical (unpaired) electrons. The summed E-state index contributed by atoms with van der Waals surface area (Å²) in [6.07, 6.45) is 12.6. The zero-order valence-corrected chi connectivity index (χ0v) is 21.6. The molecule has 0 spiro atoms. The highest BCUT2D eigenvalue weighted by atomic mass is 16.4. The molecule has 32 heavy (non-hydrogen) atoms. The van der Waals surface area contributed by atoms with Crippen molar-refractivity contribution in [3.63, 3.8) is 0 Å². The van der Waals surface area contributed by atoms with Crippen molar-refractivity contribution in [1.82, 2.24) is 0 Å². The Morgan fingerprint density at radius 2 is 1.84 bits per heavy atom. The van der Waals surface area contributed by atoms with E-state index in [9.17, 15) is 9.90 Å². The fourth-order valence-electron chi connectivity index (χ4n) is 9.88. The number of rotatable bonds is 5. The molecule has 9 atom stereocenters. The van der Waals surface area contributed by atoms with E-state index in [0.29, 0.717) is 40.4 Å². The topological polar surface area (TPSA) is 63.3 Å². The van der Waals surface area contributed by atoms with E-state index in [-0.39, 0.29) is 5.92 Å². The van der Waals surface area contributed by atoms with Gasteiger partial charge in [0.05, 0.1) is 5.41 Å². The molecular weight excluding hydrogens is 394 g/mol. The van der Waals surface area contributed by atoms with Crippen LogP contribution in [0.4, 0.5) is 0 Å². The van der Waals surface area contributed by atoms with Gasteiger partial charge in [0.15, 0.2) is 0 Å². The van der Waals surface area contributed by atoms with Gasteiger partial charge in [0.2, 0.25) is 0 Å². The zero-order chi connectivity index (χ0) is 23.5. The fourth-order valence-corrected chi connectivity index (χ4v) is 9.88. The van der Waals surface area contributed by atoms with Crippen LogP contribution in [0.2, 0.25) is 0 Å². The number of fused-ring (bicyclic) bond motifs is 5. The number of nitrogens with two attached hydrogens (primary N) is 1.